The number of hydrogen-bond donors (Lipinski definition) is 0. The van der Waals surface area contributed by atoms with Gasteiger partial charge in [-0.25, -0.2) is 4.99 Å². The number of thiazole rings is 1. The molecule has 3 aromatic carbocycles. The van der Waals surface area contributed by atoms with Crippen molar-refractivity contribution in [2.75, 3.05) is 13.2 Å². The van der Waals surface area contributed by atoms with Crippen molar-refractivity contribution in [3.63, 3.8) is 0 Å². The Kier molecular flexibility index (Phi) is 8.07. The van der Waals surface area contributed by atoms with Gasteiger partial charge in [-0.05, 0) is 97.9 Å². The van der Waals surface area contributed by atoms with E-state index in [-0.39, 0.29) is 17.3 Å². The Balaban J connectivity index is 1.53. The van der Waals surface area contributed by atoms with Gasteiger partial charge in [0.05, 0.1) is 40.0 Å². The molecule has 2 heterocycles. The van der Waals surface area contributed by atoms with Crippen LogP contribution in [0.4, 0.5) is 5.69 Å². The Hall–Kier alpha value is -4.76. The number of fused-ring (bicyclic) bond motifs is 1. The van der Waals surface area contributed by atoms with E-state index in [4.69, 9.17) is 14.5 Å². The van der Waals surface area contributed by atoms with Crippen LogP contribution in [0.3, 0.4) is 0 Å². The molecule has 43 heavy (non-hydrogen) atoms. The van der Waals surface area contributed by atoms with E-state index in [2.05, 4.69) is 6.08 Å². The van der Waals surface area contributed by atoms with E-state index in [0.717, 1.165) is 58.7 Å². The van der Waals surface area contributed by atoms with Gasteiger partial charge in [-0.15, -0.1) is 0 Å². The minimum absolute atomic E-state index is 0.0451. The van der Waals surface area contributed by atoms with Gasteiger partial charge in [0, 0.05) is 6.07 Å². The maximum atomic E-state index is 14.0. The highest BCUT2D eigenvalue weighted by molar-refractivity contribution is 7.07. The lowest BCUT2D eigenvalue weighted by molar-refractivity contribution is -0.385. The lowest BCUT2D eigenvalue weighted by Gasteiger charge is -2.31. The highest BCUT2D eigenvalue weighted by atomic mass is 32.1. The van der Waals surface area contributed by atoms with Gasteiger partial charge in [0.15, 0.2) is 4.80 Å². The fourth-order valence-corrected chi connectivity index (χ4v) is 6.71. The molecule has 0 spiro atoms. The molecule has 0 bridgehead atoms. The summed E-state index contributed by atoms with van der Waals surface area (Å²) in [7, 11) is 0. The molecule has 8 nitrogen and oxygen atoms in total. The SMILES string of the molecule is CCOc1ccc(C=C2CCCC3=C2N=c2sc(=Cc4ccccc4[N+](=O)[O-])c(=O)n2C3c2ccc(OCC)cc2)cc1. The number of nitro benzene ring substituents is 1. The second-order valence-corrected chi connectivity index (χ2v) is 11.3. The van der Waals surface area contributed by atoms with Gasteiger partial charge in [-0.2, -0.15) is 0 Å². The van der Waals surface area contributed by atoms with E-state index < -0.39 is 4.92 Å². The topological polar surface area (TPSA) is 96.0 Å². The summed E-state index contributed by atoms with van der Waals surface area (Å²) in [6.45, 7) is 5.09. The normalized spacial score (nSPS) is 17.3. The predicted molar refractivity (Wildman–Crippen MR) is 168 cm³/mol. The van der Waals surface area contributed by atoms with E-state index >= 15 is 0 Å². The monoisotopic (exact) mass is 593 g/mol. The van der Waals surface area contributed by atoms with Gasteiger partial charge < -0.3 is 9.47 Å². The van der Waals surface area contributed by atoms with Crippen LogP contribution in [-0.4, -0.2) is 22.7 Å². The molecular weight excluding hydrogens is 562 g/mol. The molecule has 1 unspecified atom stereocenters. The van der Waals surface area contributed by atoms with Crippen molar-refractivity contribution < 1.29 is 14.4 Å². The molecule has 1 aliphatic carbocycles. The summed E-state index contributed by atoms with van der Waals surface area (Å²) in [5, 5.41) is 11.7. The van der Waals surface area contributed by atoms with E-state index in [1.807, 2.05) is 62.4 Å². The number of benzene rings is 3. The Morgan fingerprint density at radius 2 is 1.63 bits per heavy atom. The maximum Gasteiger partial charge on any atom is 0.276 e. The van der Waals surface area contributed by atoms with Crippen LogP contribution >= 0.6 is 11.3 Å². The number of rotatable bonds is 8. The summed E-state index contributed by atoms with van der Waals surface area (Å²) in [5.41, 5.74) is 5.28. The summed E-state index contributed by atoms with van der Waals surface area (Å²) >= 11 is 1.26. The minimum atomic E-state index is -0.428. The third kappa shape index (κ3) is 5.68. The summed E-state index contributed by atoms with van der Waals surface area (Å²) in [4.78, 5) is 30.9. The zero-order chi connectivity index (χ0) is 29.9. The van der Waals surface area contributed by atoms with Crippen molar-refractivity contribution >= 4 is 29.2 Å². The molecule has 0 amide bonds. The Morgan fingerprint density at radius 3 is 2.30 bits per heavy atom. The lowest BCUT2D eigenvalue weighted by Crippen LogP contribution is -2.39. The predicted octanol–water partition coefficient (Wildman–Crippen LogP) is 6.19. The van der Waals surface area contributed by atoms with Gasteiger partial charge in [-0.3, -0.25) is 19.5 Å². The fraction of sp³-hybridized carbons (Fsp3) is 0.235. The molecule has 1 aromatic heterocycles. The zero-order valence-corrected chi connectivity index (χ0v) is 24.8. The first-order chi connectivity index (χ1) is 21.0. The molecule has 0 fully saturated rings. The van der Waals surface area contributed by atoms with Gasteiger partial charge in [0.1, 0.15) is 11.5 Å². The van der Waals surface area contributed by atoms with Crippen LogP contribution in [0, 0.1) is 10.1 Å². The highest BCUT2D eigenvalue weighted by Gasteiger charge is 2.32. The number of para-hydroxylation sites is 1. The Bertz CT molecular complexity index is 1920. The summed E-state index contributed by atoms with van der Waals surface area (Å²) in [6.07, 6.45) is 6.40. The van der Waals surface area contributed by atoms with Crippen LogP contribution < -0.4 is 24.4 Å². The van der Waals surface area contributed by atoms with Crippen LogP contribution in [0.2, 0.25) is 0 Å². The fourth-order valence-electron chi connectivity index (χ4n) is 5.71. The zero-order valence-electron chi connectivity index (χ0n) is 24.0. The second-order valence-electron chi connectivity index (χ2n) is 10.3. The maximum absolute atomic E-state index is 14.0. The highest BCUT2D eigenvalue weighted by Crippen LogP contribution is 2.41. The lowest BCUT2D eigenvalue weighted by atomic mass is 9.84. The van der Waals surface area contributed by atoms with E-state index in [0.29, 0.717) is 28.1 Å². The summed E-state index contributed by atoms with van der Waals surface area (Å²) in [5.74, 6) is 1.60. The minimum Gasteiger partial charge on any atom is -0.494 e. The van der Waals surface area contributed by atoms with Crippen LogP contribution in [0.5, 0.6) is 11.5 Å². The van der Waals surface area contributed by atoms with Crippen molar-refractivity contribution in [2.24, 2.45) is 4.99 Å². The summed E-state index contributed by atoms with van der Waals surface area (Å²) < 4.78 is 13.4. The van der Waals surface area contributed by atoms with Crippen LogP contribution in [0.15, 0.2) is 99.4 Å². The largest absolute Gasteiger partial charge is 0.494 e. The number of allylic oxidation sites excluding steroid dienone is 2. The average Bonchev–Trinajstić information content (AvgIpc) is 3.32. The molecule has 2 aliphatic rings. The Morgan fingerprint density at radius 1 is 0.953 bits per heavy atom. The molecule has 9 heteroatoms. The first kappa shape index (κ1) is 28.4. The van der Waals surface area contributed by atoms with Gasteiger partial charge >= 0.3 is 0 Å². The van der Waals surface area contributed by atoms with E-state index in [1.165, 1.54) is 17.4 Å². The third-order valence-electron chi connectivity index (χ3n) is 7.59. The quantitative estimate of drug-likeness (QED) is 0.179. The number of nitro groups is 1. The molecule has 4 aromatic rings. The molecule has 0 saturated heterocycles. The van der Waals surface area contributed by atoms with Crippen molar-refractivity contribution in [1.29, 1.82) is 0 Å². The second kappa shape index (κ2) is 12.2. The van der Waals surface area contributed by atoms with Gasteiger partial charge in [-0.1, -0.05) is 47.7 Å². The van der Waals surface area contributed by atoms with Gasteiger partial charge in [0.2, 0.25) is 0 Å². The number of hydrogen-bond acceptors (Lipinski definition) is 7. The number of nitrogens with zero attached hydrogens (tertiary/aromatic N) is 3. The van der Waals surface area contributed by atoms with Crippen molar-refractivity contribution in [3.8, 4) is 11.5 Å². The third-order valence-corrected chi connectivity index (χ3v) is 8.58. The molecule has 6 rings (SSSR count). The molecule has 1 aliphatic heterocycles. The molecule has 0 saturated carbocycles. The van der Waals surface area contributed by atoms with Crippen molar-refractivity contribution in [3.05, 3.63) is 136 Å². The summed E-state index contributed by atoms with van der Waals surface area (Å²) in [6, 6.07) is 22.0. The molecule has 1 atom stereocenters. The standard InChI is InChI=1S/C34H31N3O5S/c1-3-41-26-16-12-22(13-17-26)20-25-9-7-10-28-31(25)35-34-36(32(28)23-14-18-27(19-15-23)42-4-2)33(38)30(43-34)21-24-8-5-6-11-29(24)37(39)40/h5-6,8,11-21,32H,3-4,7,9-10H2,1-2H3. The Labute approximate surface area is 252 Å². The van der Waals surface area contributed by atoms with Crippen molar-refractivity contribution in [2.45, 2.75) is 39.2 Å². The molecule has 218 valence electrons. The number of aromatic nitrogens is 1. The van der Waals surface area contributed by atoms with Crippen LogP contribution in [0.25, 0.3) is 12.2 Å². The van der Waals surface area contributed by atoms with Crippen molar-refractivity contribution in [1.82, 2.24) is 4.57 Å². The first-order valence-electron chi connectivity index (χ1n) is 14.4. The first-order valence-corrected chi connectivity index (χ1v) is 15.2. The van der Waals surface area contributed by atoms with Crippen LogP contribution in [-0.2, 0) is 0 Å². The molecule has 0 N–H and O–H groups in total. The molecule has 0 radical (unpaired) electrons. The van der Waals surface area contributed by atoms with Gasteiger partial charge in [0.25, 0.3) is 11.2 Å². The average molecular weight is 594 g/mol. The van der Waals surface area contributed by atoms with Crippen LogP contribution in [0.1, 0.15) is 55.8 Å². The van der Waals surface area contributed by atoms with E-state index in [9.17, 15) is 14.9 Å². The number of ether oxygens (including phenoxy) is 2. The van der Waals surface area contributed by atoms with E-state index in [1.54, 1.807) is 28.8 Å². The molecular formula is C34H31N3O5S. The smallest absolute Gasteiger partial charge is 0.276 e.